The fraction of sp³-hybridized carbons (Fsp3) is 0.556. The van der Waals surface area contributed by atoms with Crippen molar-refractivity contribution in [3.8, 4) is 0 Å². The van der Waals surface area contributed by atoms with Gasteiger partial charge >= 0.3 is 5.97 Å². The van der Waals surface area contributed by atoms with Gasteiger partial charge in [-0.2, -0.15) is 0 Å². The van der Waals surface area contributed by atoms with Gasteiger partial charge in [0.05, 0.1) is 22.0 Å². The average molecular weight is 404 g/mol. The molecule has 1 fully saturated rings. The van der Waals surface area contributed by atoms with Crippen molar-refractivity contribution in [1.82, 2.24) is 4.90 Å². The second kappa shape index (κ2) is 8.65. The molecule has 0 bridgehead atoms. The van der Waals surface area contributed by atoms with Crippen LogP contribution in [0.4, 0.5) is 0 Å². The van der Waals surface area contributed by atoms with E-state index >= 15 is 0 Å². The second-order valence-electron chi connectivity index (χ2n) is 6.85. The van der Waals surface area contributed by atoms with Gasteiger partial charge in [-0.25, -0.2) is 4.79 Å². The Morgan fingerprint density at radius 2 is 1.92 bits per heavy atom. The van der Waals surface area contributed by atoms with Crippen LogP contribution >= 0.6 is 35.0 Å². The number of thioether (sulfide) groups is 1. The number of rotatable bonds is 5. The van der Waals surface area contributed by atoms with Gasteiger partial charge in [-0.1, -0.05) is 50.9 Å². The third-order valence-corrected chi connectivity index (χ3v) is 6.20. The summed E-state index contributed by atoms with van der Waals surface area (Å²) < 4.78 is 5.38. The lowest BCUT2D eigenvalue weighted by molar-refractivity contribution is -0.149. The van der Waals surface area contributed by atoms with Gasteiger partial charge in [0.15, 0.2) is 0 Å². The number of benzene rings is 1. The Kier molecular flexibility index (Phi) is 7.06. The van der Waals surface area contributed by atoms with Crippen LogP contribution in [-0.4, -0.2) is 40.6 Å². The van der Waals surface area contributed by atoms with Gasteiger partial charge in [0.25, 0.3) is 5.91 Å². The molecule has 1 aliphatic rings. The van der Waals surface area contributed by atoms with Crippen LogP contribution < -0.4 is 0 Å². The highest BCUT2D eigenvalue weighted by atomic mass is 35.5. The van der Waals surface area contributed by atoms with Gasteiger partial charge < -0.3 is 9.64 Å². The first kappa shape index (κ1) is 20.4. The van der Waals surface area contributed by atoms with Crippen LogP contribution in [0, 0.1) is 11.8 Å². The van der Waals surface area contributed by atoms with Crippen molar-refractivity contribution in [2.45, 2.75) is 39.1 Å². The zero-order valence-electron chi connectivity index (χ0n) is 14.8. The molecule has 2 atom stereocenters. The molecule has 25 heavy (non-hydrogen) atoms. The number of esters is 1. The summed E-state index contributed by atoms with van der Waals surface area (Å²) in [4.78, 5) is 27.2. The van der Waals surface area contributed by atoms with Gasteiger partial charge in [-0.15, -0.1) is 11.8 Å². The highest BCUT2D eigenvalue weighted by Gasteiger charge is 2.44. The number of ether oxygens (including phenoxy) is 1. The molecule has 1 aliphatic heterocycles. The minimum absolute atomic E-state index is 0.0847. The molecule has 1 heterocycles. The molecule has 0 aliphatic carbocycles. The summed E-state index contributed by atoms with van der Waals surface area (Å²) in [6.45, 7) is 8.38. The molecule has 0 radical (unpaired) electrons. The van der Waals surface area contributed by atoms with E-state index in [2.05, 4.69) is 0 Å². The SMILES string of the molecule is CC(C)COC(=O)C1CSC(C(C)C)N1C(=O)c1ccc(Cl)c(Cl)c1. The highest BCUT2D eigenvalue weighted by molar-refractivity contribution is 8.00. The third kappa shape index (κ3) is 4.83. The molecule has 4 nitrogen and oxygen atoms in total. The third-order valence-electron chi connectivity index (χ3n) is 3.84. The Morgan fingerprint density at radius 3 is 2.48 bits per heavy atom. The van der Waals surface area contributed by atoms with Crippen LogP contribution in [0.3, 0.4) is 0 Å². The average Bonchev–Trinajstić information content (AvgIpc) is 2.99. The number of nitrogens with zero attached hydrogens (tertiary/aromatic N) is 1. The van der Waals surface area contributed by atoms with Gasteiger partial charge in [0.1, 0.15) is 6.04 Å². The standard InChI is InChI=1S/C18H23Cl2NO3S/c1-10(2)8-24-18(23)15-9-25-17(11(3)4)21(15)16(22)12-5-6-13(19)14(20)7-12/h5-7,10-11,15,17H,8-9H2,1-4H3. The van der Waals surface area contributed by atoms with E-state index in [4.69, 9.17) is 27.9 Å². The number of hydrogen-bond acceptors (Lipinski definition) is 4. The quantitative estimate of drug-likeness (QED) is 0.666. The van der Waals surface area contributed by atoms with Crippen LogP contribution in [-0.2, 0) is 9.53 Å². The molecule has 1 saturated heterocycles. The minimum Gasteiger partial charge on any atom is -0.464 e. The monoisotopic (exact) mass is 403 g/mol. The first-order valence-corrected chi connectivity index (χ1v) is 10.1. The van der Waals surface area contributed by atoms with E-state index in [0.717, 1.165) is 0 Å². The fourth-order valence-corrected chi connectivity index (χ4v) is 4.37. The second-order valence-corrected chi connectivity index (χ2v) is 8.81. The van der Waals surface area contributed by atoms with E-state index in [0.29, 0.717) is 28.0 Å². The molecule has 0 N–H and O–H groups in total. The Bertz CT molecular complexity index is 651. The van der Waals surface area contributed by atoms with E-state index in [1.54, 1.807) is 34.9 Å². The van der Waals surface area contributed by atoms with Crippen LogP contribution in [0.25, 0.3) is 0 Å². The fourth-order valence-electron chi connectivity index (χ4n) is 2.60. The smallest absolute Gasteiger partial charge is 0.329 e. The van der Waals surface area contributed by atoms with Gasteiger partial charge in [0, 0.05) is 11.3 Å². The lowest BCUT2D eigenvalue weighted by atomic mass is 10.1. The van der Waals surface area contributed by atoms with Crippen molar-refractivity contribution in [2.24, 2.45) is 11.8 Å². The number of amides is 1. The topological polar surface area (TPSA) is 46.6 Å². The van der Waals surface area contributed by atoms with Gasteiger partial charge in [-0.05, 0) is 30.0 Å². The van der Waals surface area contributed by atoms with E-state index in [-0.39, 0.29) is 29.1 Å². The zero-order valence-corrected chi connectivity index (χ0v) is 17.1. The van der Waals surface area contributed by atoms with Crippen molar-refractivity contribution in [3.05, 3.63) is 33.8 Å². The summed E-state index contributed by atoms with van der Waals surface area (Å²) in [6.07, 6.45) is 0. The maximum absolute atomic E-state index is 13.1. The first-order chi connectivity index (χ1) is 11.7. The highest BCUT2D eigenvalue weighted by Crippen LogP contribution is 2.36. The van der Waals surface area contributed by atoms with E-state index in [1.165, 1.54) is 0 Å². The lowest BCUT2D eigenvalue weighted by Gasteiger charge is -2.30. The predicted octanol–water partition coefficient (Wildman–Crippen LogP) is 4.73. The number of hydrogen-bond donors (Lipinski definition) is 0. The molecule has 1 aromatic carbocycles. The molecule has 1 aromatic rings. The molecule has 2 unspecified atom stereocenters. The van der Waals surface area contributed by atoms with Gasteiger partial charge in [0.2, 0.25) is 0 Å². The number of carbonyl (C=O) groups is 2. The Hall–Kier alpha value is -0.910. The maximum Gasteiger partial charge on any atom is 0.329 e. The molecular formula is C18H23Cl2NO3S. The Labute approximate surface area is 163 Å². The summed E-state index contributed by atoms with van der Waals surface area (Å²) >= 11 is 13.6. The van der Waals surface area contributed by atoms with Crippen molar-refractivity contribution < 1.29 is 14.3 Å². The molecule has 0 spiro atoms. The molecule has 2 rings (SSSR count). The molecule has 1 amide bonds. The summed E-state index contributed by atoms with van der Waals surface area (Å²) in [6, 6.07) is 4.19. The van der Waals surface area contributed by atoms with Crippen LogP contribution in [0.15, 0.2) is 18.2 Å². The summed E-state index contributed by atoms with van der Waals surface area (Å²) in [5.41, 5.74) is 0.421. The predicted molar refractivity (Wildman–Crippen MR) is 103 cm³/mol. The van der Waals surface area contributed by atoms with Crippen LogP contribution in [0.1, 0.15) is 38.1 Å². The van der Waals surface area contributed by atoms with Crippen LogP contribution in [0.5, 0.6) is 0 Å². The van der Waals surface area contributed by atoms with Crippen LogP contribution in [0.2, 0.25) is 10.0 Å². The Morgan fingerprint density at radius 1 is 1.24 bits per heavy atom. The molecular weight excluding hydrogens is 381 g/mol. The van der Waals surface area contributed by atoms with E-state index < -0.39 is 6.04 Å². The zero-order chi connectivity index (χ0) is 18.7. The van der Waals surface area contributed by atoms with E-state index in [1.807, 2.05) is 27.7 Å². The first-order valence-electron chi connectivity index (χ1n) is 8.28. The van der Waals surface area contributed by atoms with Crippen molar-refractivity contribution in [3.63, 3.8) is 0 Å². The molecule has 0 aromatic heterocycles. The van der Waals surface area contributed by atoms with Crippen molar-refractivity contribution in [2.75, 3.05) is 12.4 Å². The summed E-state index contributed by atoms with van der Waals surface area (Å²) in [5, 5.41) is 0.625. The largest absolute Gasteiger partial charge is 0.464 e. The van der Waals surface area contributed by atoms with E-state index in [9.17, 15) is 9.59 Å². The normalized spacial score (nSPS) is 20.4. The van der Waals surface area contributed by atoms with Gasteiger partial charge in [-0.3, -0.25) is 4.79 Å². The Balaban J connectivity index is 2.27. The minimum atomic E-state index is -0.585. The molecule has 7 heteroatoms. The summed E-state index contributed by atoms with van der Waals surface area (Å²) in [5.74, 6) is 0.414. The van der Waals surface area contributed by atoms with Crippen molar-refractivity contribution >= 4 is 46.8 Å². The number of halogens is 2. The maximum atomic E-state index is 13.1. The number of carbonyl (C=O) groups excluding carboxylic acids is 2. The summed E-state index contributed by atoms with van der Waals surface area (Å²) in [7, 11) is 0. The molecule has 138 valence electrons. The molecule has 0 saturated carbocycles. The lowest BCUT2D eigenvalue weighted by Crippen LogP contribution is -2.48. The van der Waals surface area contributed by atoms with Crippen molar-refractivity contribution in [1.29, 1.82) is 0 Å².